The number of rotatable bonds is 4. The van der Waals surface area contributed by atoms with Crippen molar-refractivity contribution in [2.75, 3.05) is 13.3 Å². The molecule has 3 nitrogen and oxygen atoms in total. The molecule has 0 saturated heterocycles. The van der Waals surface area contributed by atoms with Crippen molar-refractivity contribution in [3.8, 4) is 0 Å². The van der Waals surface area contributed by atoms with Crippen molar-refractivity contribution < 1.29 is 23.1 Å². The molecule has 1 atom stereocenters. The Hall–Kier alpha value is -0.780. The zero-order valence-corrected chi connectivity index (χ0v) is 5.56. The molecule has 11 heavy (non-hydrogen) atoms. The van der Waals surface area contributed by atoms with Gasteiger partial charge in [-0.1, -0.05) is 0 Å². The van der Waals surface area contributed by atoms with Gasteiger partial charge in [-0.2, -0.15) is 8.78 Å². The standard InChI is InChI=1S/C5H8F3NO2/c6-1-3(2-10)9-5(11)4(7)8/h3-4,10H,1-2H2,(H,9,11). The van der Waals surface area contributed by atoms with Crippen LogP contribution in [-0.4, -0.2) is 36.8 Å². The Morgan fingerprint density at radius 3 is 2.36 bits per heavy atom. The van der Waals surface area contributed by atoms with Gasteiger partial charge in [0.05, 0.1) is 12.6 Å². The average Bonchev–Trinajstić information content (AvgIpc) is 1.99. The maximum absolute atomic E-state index is 11.7. The number of amides is 1. The van der Waals surface area contributed by atoms with Crippen molar-refractivity contribution >= 4 is 5.91 Å². The Morgan fingerprint density at radius 2 is 2.09 bits per heavy atom. The molecule has 0 aliphatic heterocycles. The maximum Gasteiger partial charge on any atom is 0.315 e. The number of carbonyl (C=O) groups is 1. The number of halogens is 3. The zero-order chi connectivity index (χ0) is 8.85. The van der Waals surface area contributed by atoms with Crippen molar-refractivity contribution in [2.24, 2.45) is 0 Å². The number of hydrogen-bond donors (Lipinski definition) is 2. The lowest BCUT2D eigenvalue weighted by molar-refractivity contribution is -0.132. The molecule has 0 aromatic rings. The molecule has 0 aromatic carbocycles. The highest BCUT2D eigenvalue weighted by Crippen LogP contribution is 1.93. The first-order valence-electron chi connectivity index (χ1n) is 2.87. The number of aliphatic hydroxyl groups excluding tert-OH is 1. The number of alkyl halides is 3. The highest BCUT2D eigenvalue weighted by Gasteiger charge is 2.18. The van der Waals surface area contributed by atoms with Gasteiger partial charge in [-0.05, 0) is 0 Å². The van der Waals surface area contributed by atoms with Crippen LogP contribution in [0.2, 0.25) is 0 Å². The average molecular weight is 171 g/mol. The molecule has 0 rings (SSSR count). The van der Waals surface area contributed by atoms with Crippen LogP contribution >= 0.6 is 0 Å². The Balaban J connectivity index is 3.72. The molecular formula is C5H8F3NO2. The van der Waals surface area contributed by atoms with Gasteiger partial charge < -0.3 is 10.4 Å². The van der Waals surface area contributed by atoms with Crippen LogP contribution < -0.4 is 5.32 Å². The first-order valence-corrected chi connectivity index (χ1v) is 2.87. The van der Waals surface area contributed by atoms with Crippen LogP contribution in [0.1, 0.15) is 0 Å². The summed E-state index contributed by atoms with van der Waals surface area (Å²) in [6.45, 7) is -1.75. The zero-order valence-electron chi connectivity index (χ0n) is 5.56. The molecule has 1 unspecified atom stereocenters. The van der Waals surface area contributed by atoms with Crippen molar-refractivity contribution in [1.29, 1.82) is 0 Å². The van der Waals surface area contributed by atoms with Crippen LogP contribution in [0.3, 0.4) is 0 Å². The second-order valence-electron chi connectivity index (χ2n) is 1.84. The number of carbonyl (C=O) groups excluding carboxylic acids is 1. The van der Waals surface area contributed by atoms with Gasteiger partial charge in [-0.25, -0.2) is 4.39 Å². The summed E-state index contributed by atoms with van der Waals surface area (Å²) in [5.41, 5.74) is 0. The van der Waals surface area contributed by atoms with E-state index >= 15 is 0 Å². The van der Waals surface area contributed by atoms with Crippen molar-refractivity contribution in [1.82, 2.24) is 5.32 Å². The summed E-state index contributed by atoms with van der Waals surface area (Å²) in [5.74, 6) is -1.57. The van der Waals surface area contributed by atoms with E-state index in [1.807, 2.05) is 0 Å². The molecule has 0 heterocycles. The molecular weight excluding hydrogens is 163 g/mol. The monoisotopic (exact) mass is 171 g/mol. The lowest BCUT2D eigenvalue weighted by Crippen LogP contribution is -2.42. The summed E-state index contributed by atoms with van der Waals surface area (Å²) in [7, 11) is 0. The van der Waals surface area contributed by atoms with E-state index in [9.17, 15) is 18.0 Å². The summed E-state index contributed by atoms with van der Waals surface area (Å²) < 4.78 is 34.6. The van der Waals surface area contributed by atoms with Crippen LogP contribution in [0.25, 0.3) is 0 Å². The van der Waals surface area contributed by atoms with E-state index < -0.39 is 31.7 Å². The maximum atomic E-state index is 11.7. The predicted molar refractivity (Wildman–Crippen MR) is 31.0 cm³/mol. The van der Waals surface area contributed by atoms with Gasteiger partial charge >= 0.3 is 6.43 Å². The lowest BCUT2D eigenvalue weighted by atomic mass is 10.3. The summed E-state index contributed by atoms with van der Waals surface area (Å²) in [6.07, 6.45) is -3.17. The minimum Gasteiger partial charge on any atom is -0.394 e. The molecule has 0 aliphatic carbocycles. The van der Waals surface area contributed by atoms with Crippen molar-refractivity contribution in [2.45, 2.75) is 12.5 Å². The molecule has 66 valence electrons. The van der Waals surface area contributed by atoms with E-state index in [1.165, 1.54) is 0 Å². The highest BCUT2D eigenvalue weighted by atomic mass is 19.3. The molecule has 0 fully saturated rings. The third-order valence-corrected chi connectivity index (χ3v) is 0.951. The molecule has 0 saturated carbocycles. The number of nitrogens with one attached hydrogen (secondary N) is 1. The molecule has 0 spiro atoms. The van der Waals surface area contributed by atoms with Crippen molar-refractivity contribution in [3.05, 3.63) is 0 Å². The molecule has 0 aromatic heterocycles. The summed E-state index contributed by atoms with van der Waals surface area (Å²) >= 11 is 0. The van der Waals surface area contributed by atoms with E-state index in [0.717, 1.165) is 0 Å². The third-order valence-electron chi connectivity index (χ3n) is 0.951. The van der Waals surface area contributed by atoms with Gasteiger partial charge in [-0.15, -0.1) is 0 Å². The van der Waals surface area contributed by atoms with E-state index in [4.69, 9.17) is 5.11 Å². The minimum atomic E-state index is -3.17. The van der Waals surface area contributed by atoms with Crippen LogP contribution in [0.4, 0.5) is 13.2 Å². The van der Waals surface area contributed by atoms with E-state index in [2.05, 4.69) is 0 Å². The SMILES string of the molecule is O=C(NC(CO)CF)C(F)F. The van der Waals surface area contributed by atoms with E-state index in [-0.39, 0.29) is 0 Å². The van der Waals surface area contributed by atoms with Crippen LogP contribution in [0, 0.1) is 0 Å². The molecule has 0 radical (unpaired) electrons. The largest absolute Gasteiger partial charge is 0.394 e. The van der Waals surface area contributed by atoms with Gasteiger partial charge in [0.15, 0.2) is 0 Å². The molecule has 0 bridgehead atoms. The van der Waals surface area contributed by atoms with Crippen LogP contribution in [-0.2, 0) is 4.79 Å². The normalized spacial score (nSPS) is 13.2. The minimum absolute atomic E-state index is 0.686. The topological polar surface area (TPSA) is 49.3 Å². The summed E-state index contributed by atoms with van der Waals surface area (Å²) in [6, 6.07) is -1.23. The van der Waals surface area contributed by atoms with Gasteiger partial charge in [0.2, 0.25) is 0 Å². The highest BCUT2D eigenvalue weighted by molar-refractivity contribution is 5.79. The second-order valence-corrected chi connectivity index (χ2v) is 1.84. The Bertz CT molecular complexity index is 127. The van der Waals surface area contributed by atoms with Gasteiger partial charge in [0, 0.05) is 0 Å². The fourth-order valence-corrected chi connectivity index (χ4v) is 0.397. The fraction of sp³-hybridized carbons (Fsp3) is 0.800. The fourth-order valence-electron chi connectivity index (χ4n) is 0.397. The van der Waals surface area contributed by atoms with Gasteiger partial charge in [0.1, 0.15) is 6.67 Å². The second kappa shape index (κ2) is 4.95. The predicted octanol–water partition coefficient (Wildman–Crippen LogP) is -0.302. The summed E-state index contributed by atoms with van der Waals surface area (Å²) in [4.78, 5) is 10.1. The molecule has 2 N–H and O–H groups in total. The lowest BCUT2D eigenvalue weighted by Gasteiger charge is -2.10. The van der Waals surface area contributed by atoms with E-state index in [1.54, 1.807) is 5.32 Å². The van der Waals surface area contributed by atoms with Gasteiger partial charge in [-0.3, -0.25) is 4.79 Å². The molecule has 1 amide bonds. The number of hydrogen-bond acceptors (Lipinski definition) is 2. The van der Waals surface area contributed by atoms with Crippen LogP contribution in [0.15, 0.2) is 0 Å². The smallest absolute Gasteiger partial charge is 0.315 e. The van der Waals surface area contributed by atoms with Crippen molar-refractivity contribution in [3.63, 3.8) is 0 Å². The molecule has 6 heteroatoms. The third kappa shape index (κ3) is 3.82. The van der Waals surface area contributed by atoms with E-state index in [0.29, 0.717) is 0 Å². The van der Waals surface area contributed by atoms with Crippen LogP contribution in [0.5, 0.6) is 0 Å². The Kier molecular flexibility index (Phi) is 4.60. The summed E-state index contributed by atoms with van der Waals surface area (Å²) in [5, 5.41) is 9.86. The quantitative estimate of drug-likeness (QED) is 0.610. The Labute approximate surface area is 61.2 Å². The van der Waals surface area contributed by atoms with Gasteiger partial charge in [0.25, 0.3) is 5.91 Å². The molecule has 0 aliphatic rings. The first-order chi connectivity index (χ1) is 5.11. The number of aliphatic hydroxyl groups is 1. The first kappa shape index (κ1) is 10.2. The Morgan fingerprint density at radius 1 is 1.55 bits per heavy atom.